The van der Waals surface area contributed by atoms with E-state index < -0.39 is 18.2 Å². The van der Waals surface area contributed by atoms with E-state index in [4.69, 9.17) is 9.84 Å². The Labute approximate surface area is 240 Å². The number of hydrogen-bond acceptors (Lipinski definition) is 9. The molecule has 2 aromatic heterocycles. The minimum atomic E-state index is -0.940. The molecule has 0 spiro atoms. The van der Waals surface area contributed by atoms with Gasteiger partial charge in [-0.2, -0.15) is 0 Å². The number of aliphatic hydroxyl groups excluding tert-OH is 2. The van der Waals surface area contributed by atoms with Crippen LogP contribution in [0.1, 0.15) is 63.1 Å². The summed E-state index contributed by atoms with van der Waals surface area (Å²) >= 11 is 0. The van der Waals surface area contributed by atoms with Crippen LogP contribution in [0.25, 0.3) is 11.2 Å². The highest BCUT2D eigenvalue weighted by molar-refractivity contribution is 5.82. The number of nitrogens with zero attached hydrogens (tertiary/aromatic N) is 5. The molecule has 0 aliphatic heterocycles. The van der Waals surface area contributed by atoms with Gasteiger partial charge in [-0.15, -0.1) is 0 Å². The molecular weight excluding hydrogens is 524 g/mol. The molecule has 3 aromatic rings. The van der Waals surface area contributed by atoms with Crippen LogP contribution in [0, 0.1) is 18.8 Å². The molecule has 2 aliphatic carbocycles. The molecule has 2 aliphatic rings. The number of aliphatic hydroxyl groups is 2. The van der Waals surface area contributed by atoms with Gasteiger partial charge in [0.15, 0.2) is 11.5 Å². The zero-order valence-corrected chi connectivity index (χ0v) is 24.3. The van der Waals surface area contributed by atoms with Gasteiger partial charge in [-0.25, -0.2) is 15.0 Å². The van der Waals surface area contributed by atoms with E-state index in [2.05, 4.69) is 39.0 Å². The van der Waals surface area contributed by atoms with Crippen molar-refractivity contribution in [3.05, 3.63) is 42.0 Å². The Morgan fingerprint density at radius 2 is 1.95 bits per heavy atom. The summed E-state index contributed by atoms with van der Waals surface area (Å²) < 4.78 is 7.18. The van der Waals surface area contributed by atoms with Crippen molar-refractivity contribution in [1.82, 2.24) is 24.4 Å². The number of ether oxygens (including phenoxy) is 1. The molecular formula is C30H42N6O5. The molecule has 1 aromatic carbocycles. The fourth-order valence-corrected chi connectivity index (χ4v) is 6.54. The van der Waals surface area contributed by atoms with E-state index in [1.807, 2.05) is 29.7 Å². The number of benzene rings is 1. The van der Waals surface area contributed by atoms with Crippen LogP contribution in [-0.2, 0) is 11.3 Å². The van der Waals surface area contributed by atoms with Gasteiger partial charge in [0.25, 0.3) is 0 Å². The number of nitrogens with one attached hydrogen (secondary N) is 1. The molecule has 0 radical (unpaired) electrons. The predicted octanol–water partition coefficient (Wildman–Crippen LogP) is 3.39. The highest BCUT2D eigenvalue weighted by atomic mass is 16.5. The van der Waals surface area contributed by atoms with Gasteiger partial charge in [-0.3, -0.25) is 9.69 Å². The number of carboxylic acid groups (broad SMARTS) is 1. The molecule has 5 rings (SSSR count). The van der Waals surface area contributed by atoms with Crippen LogP contribution in [0.5, 0.6) is 5.75 Å². The van der Waals surface area contributed by atoms with Crippen molar-refractivity contribution in [2.45, 2.75) is 89.8 Å². The number of imidazole rings is 1. The molecule has 11 heteroatoms. The van der Waals surface area contributed by atoms with Gasteiger partial charge >= 0.3 is 5.97 Å². The molecule has 0 bridgehead atoms. The maximum Gasteiger partial charge on any atom is 0.303 e. The van der Waals surface area contributed by atoms with E-state index in [-0.39, 0.29) is 24.4 Å². The second-order valence-electron chi connectivity index (χ2n) is 12.0. The van der Waals surface area contributed by atoms with Crippen molar-refractivity contribution in [2.24, 2.45) is 11.8 Å². The number of anilines is 1. The van der Waals surface area contributed by atoms with Gasteiger partial charge < -0.3 is 29.9 Å². The standard InChI is InChI=1S/C30H42N6O5/c1-17(2)35(22-10-19(11-22)5-8-25(37)38)14-21-12-24(28(40)27(21)39)36-16-34-26-29(32-15-33-30(26)36)31-13-20-6-7-23(41-4)9-18(20)3/h6-7,9,15-17,19,21-22,24,27-28,39-40H,5,8,10-14H2,1-4H3,(H,37,38)(H,31,32,33)/t19?,21-,22?,24-,27-,28+/m1/s1. The number of hydrogen-bond donors (Lipinski definition) is 4. The average molecular weight is 567 g/mol. The SMILES string of the molecule is COc1ccc(CNc2ncnc3c2ncn3[C@@H]2C[C@H](CN(C(C)C)C3CC(CCC(=O)O)C3)[C@@H](O)[C@H]2O)c(C)c1. The first-order chi connectivity index (χ1) is 19.7. The van der Waals surface area contributed by atoms with Crippen molar-refractivity contribution in [2.75, 3.05) is 19.0 Å². The smallest absolute Gasteiger partial charge is 0.303 e. The molecule has 2 heterocycles. The molecule has 4 atom stereocenters. The summed E-state index contributed by atoms with van der Waals surface area (Å²) in [6, 6.07) is 6.25. The first kappa shape index (κ1) is 29.2. The Morgan fingerprint density at radius 1 is 1.17 bits per heavy atom. The second-order valence-corrected chi connectivity index (χ2v) is 12.0. The highest BCUT2D eigenvalue weighted by Gasteiger charge is 2.45. The number of carboxylic acids is 1. The van der Waals surface area contributed by atoms with Gasteiger partial charge in [0.05, 0.1) is 25.6 Å². The molecule has 4 N–H and O–H groups in total. The first-order valence-corrected chi connectivity index (χ1v) is 14.5. The second kappa shape index (κ2) is 12.3. The van der Waals surface area contributed by atoms with Crippen molar-refractivity contribution in [1.29, 1.82) is 0 Å². The van der Waals surface area contributed by atoms with Crippen LogP contribution in [0.15, 0.2) is 30.9 Å². The lowest BCUT2D eigenvalue weighted by Gasteiger charge is -2.46. The van der Waals surface area contributed by atoms with Crippen molar-refractivity contribution >= 4 is 23.0 Å². The lowest BCUT2D eigenvalue weighted by molar-refractivity contribution is -0.137. The number of rotatable bonds is 12. The summed E-state index contributed by atoms with van der Waals surface area (Å²) in [7, 11) is 1.65. The van der Waals surface area contributed by atoms with E-state index in [9.17, 15) is 15.0 Å². The van der Waals surface area contributed by atoms with E-state index in [0.29, 0.717) is 48.5 Å². The maximum atomic E-state index is 11.1. The van der Waals surface area contributed by atoms with Crippen molar-refractivity contribution in [3.63, 3.8) is 0 Å². The number of aromatic nitrogens is 4. The van der Waals surface area contributed by atoms with Gasteiger partial charge in [0, 0.05) is 37.5 Å². The van der Waals surface area contributed by atoms with Gasteiger partial charge in [-0.1, -0.05) is 6.07 Å². The van der Waals surface area contributed by atoms with Crippen LogP contribution in [0.4, 0.5) is 5.82 Å². The fourth-order valence-electron chi connectivity index (χ4n) is 6.54. The van der Waals surface area contributed by atoms with E-state index in [0.717, 1.165) is 36.1 Å². The van der Waals surface area contributed by atoms with Crippen LogP contribution >= 0.6 is 0 Å². The van der Waals surface area contributed by atoms with Crippen molar-refractivity contribution in [3.8, 4) is 5.75 Å². The highest BCUT2D eigenvalue weighted by Crippen LogP contribution is 2.41. The van der Waals surface area contributed by atoms with Crippen LogP contribution in [-0.4, -0.2) is 83.7 Å². The van der Waals surface area contributed by atoms with E-state index in [1.165, 1.54) is 6.33 Å². The molecule has 0 unspecified atom stereocenters. The van der Waals surface area contributed by atoms with E-state index >= 15 is 0 Å². The molecule has 222 valence electrons. The van der Waals surface area contributed by atoms with Gasteiger partial charge in [0.2, 0.25) is 0 Å². The molecule has 41 heavy (non-hydrogen) atoms. The summed E-state index contributed by atoms with van der Waals surface area (Å²) in [5.41, 5.74) is 3.46. The third kappa shape index (κ3) is 6.17. The minimum Gasteiger partial charge on any atom is -0.497 e. The lowest BCUT2D eigenvalue weighted by Crippen LogP contribution is -2.51. The Balaban J connectivity index is 1.26. The number of fused-ring (bicyclic) bond motifs is 1. The van der Waals surface area contributed by atoms with Gasteiger partial charge in [0.1, 0.15) is 23.7 Å². The summed E-state index contributed by atoms with van der Waals surface area (Å²) in [5, 5.41) is 34.6. The zero-order chi connectivity index (χ0) is 29.3. The van der Waals surface area contributed by atoms with Crippen LogP contribution < -0.4 is 10.1 Å². The Kier molecular flexibility index (Phi) is 8.77. The number of carbonyl (C=O) groups is 1. The third-order valence-electron chi connectivity index (χ3n) is 9.04. The maximum absolute atomic E-state index is 11.1. The largest absolute Gasteiger partial charge is 0.497 e. The van der Waals surface area contributed by atoms with Crippen LogP contribution in [0.3, 0.4) is 0 Å². The van der Waals surface area contributed by atoms with E-state index in [1.54, 1.807) is 13.4 Å². The fraction of sp³-hybridized carbons (Fsp3) is 0.600. The topological polar surface area (TPSA) is 146 Å². The number of methoxy groups -OCH3 is 1. The number of aryl methyl sites for hydroxylation is 1. The summed E-state index contributed by atoms with van der Waals surface area (Å²) in [4.78, 5) is 26.9. The third-order valence-corrected chi connectivity index (χ3v) is 9.04. The van der Waals surface area contributed by atoms with Crippen LogP contribution in [0.2, 0.25) is 0 Å². The molecule has 2 saturated carbocycles. The quantitative estimate of drug-likeness (QED) is 0.257. The lowest BCUT2D eigenvalue weighted by atomic mass is 9.76. The average Bonchev–Trinajstić information content (AvgIpc) is 3.47. The minimum absolute atomic E-state index is 0.106. The zero-order valence-electron chi connectivity index (χ0n) is 24.3. The summed E-state index contributed by atoms with van der Waals surface area (Å²) in [5.74, 6) is 1.02. The number of aliphatic carboxylic acids is 1. The predicted molar refractivity (Wildman–Crippen MR) is 155 cm³/mol. The monoisotopic (exact) mass is 566 g/mol. The molecule has 11 nitrogen and oxygen atoms in total. The first-order valence-electron chi connectivity index (χ1n) is 14.5. The normalized spacial score (nSPS) is 26.0. The molecule has 0 amide bonds. The Bertz CT molecular complexity index is 1360. The summed E-state index contributed by atoms with van der Waals surface area (Å²) in [6.45, 7) is 7.59. The van der Waals surface area contributed by atoms with Gasteiger partial charge in [-0.05, 0) is 75.6 Å². The molecule has 0 saturated heterocycles. The Hall–Kier alpha value is -3.28. The van der Waals surface area contributed by atoms with Crippen molar-refractivity contribution < 1.29 is 24.9 Å². The molecule has 2 fully saturated rings. The summed E-state index contributed by atoms with van der Waals surface area (Å²) in [6.07, 6.45) is 4.88. The Morgan fingerprint density at radius 3 is 2.63 bits per heavy atom.